The molecule has 3 heterocycles. The lowest BCUT2D eigenvalue weighted by atomic mass is 9.84. The highest BCUT2D eigenvalue weighted by atomic mass is 35.5. The van der Waals surface area contributed by atoms with Crippen LogP contribution in [0.2, 0.25) is 5.15 Å². The van der Waals surface area contributed by atoms with E-state index < -0.39 is 21.0 Å². The van der Waals surface area contributed by atoms with E-state index in [1.807, 2.05) is 6.92 Å². The summed E-state index contributed by atoms with van der Waals surface area (Å²) in [5.74, 6) is -1.38. The van der Waals surface area contributed by atoms with Crippen LogP contribution in [0.5, 0.6) is 0 Å². The molecule has 1 saturated heterocycles. The summed E-state index contributed by atoms with van der Waals surface area (Å²) in [6.45, 7) is 5.91. The van der Waals surface area contributed by atoms with Crippen LogP contribution in [-0.4, -0.2) is 66.7 Å². The van der Waals surface area contributed by atoms with E-state index in [1.54, 1.807) is 29.2 Å². The molecule has 0 spiro atoms. The molecule has 0 radical (unpaired) electrons. The van der Waals surface area contributed by atoms with Crippen molar-refractivity contribution in [2.24, 2.45) is 5.92 Å². The molecule has 2 aromatic heterocycles. The number of hydrogen-bond acceptors (Lipinski definition) is 6. The van der Waals surface area contributed by atoms with Crippen LogP contribution in [0.3, 0.4) is 0 Å². The van der Waals surface area contributed by atoms with E-state index in [0.29, 0.717) is 23.4 Å². The van der Waals surface area contributed by atoms with Gasteiger partial charge in [0.1, 0.15) is 10.8 Å². The summed E-state index contributed by atoms with van der Waals surface area (Å²) in [6.07, 6.45) is 3.94. The molecule has 8 nitrogen and oxygen atoms in total. The highest BCUT2D eigenvalue weighted by molar-refractivity contribution is 7.91. The fraction of sp³-hybridized carbons (Fsp3) is 0.364. The largest absolute Gasteiger partial charge is 0.354 e. The van der Waals surface area contributed by atoms with E-state index in [1.165, 1.54) is 25.6 Å². The predicted molar refractivity (Wildman–Crippen MR) is 123 cm³/mol. The second kappa shape index (κ2) is 9.38. The summed E-state index contributed by atoms with van der Waals surface area (Å²) >= 11 is 6.32. The number of pyridine rings is 2. The lowest BCUT2D eigenvalue weighted by Gasteiger charge is -2.41. The highest BCUT2D eigenvalue weighted by Gasteiger charge is 2.42. The van der Waals surface area contributed by atoms with Crippen LogP contribution in [0.15, 0.2) is 43.1 Å². The number of aromatic nitrogens is 2. The number of rotatable bonds is 5. The number of carbonyl (C=O) groups is 2. The quantitative estimate of drug-likeness (QED) is 0.524. The first kappa shape index (κ1) is 23.9. The molecule has 0 aromatic carbocycles. The smallest absolute Gasteiger partial charge is 0.269 e. The van der Waals surface area contributed by atoms with Gasteiger partial charge in [0.25, 0.3) is 5.91 Å². The number of halogens is 1. The van der Waals surface area contributed by atoms with Gasteiger partial charge in [0.15, 0.2) is 9.84 Å². The Hall–Kier alpha value is -2.78. The van der Waals surface area contributed by atoms with Crippen LogP contribution < -0.4 is 5.32 Å². The van der Waals surface area contributed by atoms with Crippen molar-refractivity contribution in [1.29, 1.82) is 0 Å². The maximum atomic E-state index is 12.7. The van der Waals surface area contributed by atoms with Gasteiger partial charge >= 0.3 is 0 Å². The van der Waals surface area contributed by atoms with Gasteiger partial charge in [0.2, 0.25) is 5.91 Å². The Kier molecular flexibility index (Phi) is 7.00. The highest BCUT2D eigenvalue weighted by Crippen LogP contribution is 2.37. The van der Waals surface area contributed by atoms with Crippen molar-refractivity contribution in [2.45, 2.75) is 18.1 Å². The molecule has 0 bridgehead atoms. The number of hydrogen-bond donors (Lipinski definition) is 1. The van der Waals surface area contributed by atoms with E-state index in [-0.39, 0.29) is 35.1 Å². The first-order chi connectivity index (χ1) is 15.0. The maximum absolute atomic E-state index is 12.7. The van der Waals surface area contributed by atoms with Gasteiger partial charge in [-0.1, -0.05) is 25.1 Å². The molecule has 170 valence electrons. The number of sulfone groups is 1. The number of likely N-dealkylation sites (tertiary alicyclic amines) is 1. The van der Waals surface area contributed by atoms with Crippen molar-refractivity contribution in [3.63, 3.8) is 0 Å². The third-order valence-corrected chi connectivity index (χ3v) is 7.60. The minimum atomic E-state index is -3.43. The molecular weight excluding hydrogens is 452 g/mol. The van der Waals surface area contributed by atoms with E-state index in [9.17, 15) is 18.0 Å². The molecule has 0 saturated carbocycles. The van der Waals surface area contributed by atoms with Crippen LogP contribution in [0, 0.1) is 5.92 Å². The van der Waals surface area contributed by atoms with Crippen LogP contribution in [0.1, 0.15) is 28.9 Å². The SMILES string of the molecule is C=CC(=O)N1C[C@@H](C)C(S(C)(=O)=O)[C@H](c2cc(Cl)nc(-c3ccnc(C(=O)NC)c3)c2)C1. The van der Waals surface area contributed by atoms with Gasteiger partial charge in [-0.05, 0) is 41.8 Å². The van der Waals surface area contributed by atoms with Gasteiger partial charge in [-0.15, -0.1) is 0 Å². The van der Waals surface area contributed by atoms with Crippen molar-refractivity contribution in [3.8, 4) is 11.3 Å². The number of carbonyl (C=O) groups excluding carboxylic acids is 2. The molecule has 1 fully saturated rings. The topological polar surface area (TPSA) is 109 Å². The van der Waals surface area contributed by atoms with Crippen molar-refractivity contribution < 1.29 is 18.0 Å². The fourth-order valence-corrected chi connectivity index (χ4v) is 6.30. The third kappa shape index (κ3) is 4.99. The number of nitrogens with one attached hydrogen (secondary N) is 1. The number of nitrogens with zero attached hydrogens (tertiary/aromatic N) is 3. The minimum absolute atomic E-state index is 0.183. The summed E-state index contributed by atoms with van der Waals surface area (Å²) < 4.78 is 25.4. The molecule has 32 heavy (non-hydrogen) atoms. The Balaban J connectivity index is 2.10. The van der Waals surface area contributed by atoms with Crippen molar-refractivity contribution >= 4 is 33.3 Å². The number of amides is 2. The molecule has 3 atom stereocenters. The zero-order valence-electron chi connectivity index (χ0n) is 18.1. The van der Waals surface area contributed by atoms with Crippen molar-refractivity contribution in [2.75, 3.05) is 26.4 Å². The second-order valence-electron chi connectivity index (χ2n) is 7.94. The maximum Gasteiger partial charge on any atom is 0.269 e. The molecule has 2 aromatic rings. The van der Waals surface area contributed by atoms with Gasteiger partial charge in [0, 0.05) is 44.1 Å². The van der Waals surface area contributed by atoms with E-state index in [0.717, 1.165) is 0 Å². The molecule has 1 aliphatic rings. The van der Waals surface area contributed by atoms with Crippen LogP contribution in [0.4, 0.5) is 0 Å². The monoisotopic (exact) mass is 476 g/mol. The molecule has 2 amide bonds. The van der Waals surface area contributed by atoms with E-state index >= 15 is 0 Å². The van der Waals surface area contributed by atoms with Gasteiger partial charge in [-0.3, -0.25) is 14.6 Å². The Morgan fingerprint density at radius 3 is 2.62 bits per heavy atom. The molecule has 1 aliphatic heterocycles. The zero-order chi connectivity index (χ0) is 23.6. The van der Waals surface area contributed by atoms with Gasteiger partial charge in [0.05, 0.1) is 10.9 Å². The summed E-state index contributed by atoms with van der Waals surface area (Å²) in [5.41, 5.74) is 1.96. The minimum Gasteiger partial charge on any atom is -0.354 e. The summed E-state index contributed by atoms with van der Waals surface area (Å²) in [6, 6.07) is 6.67. The van der Waals surface area contributed by atoms with Crippen molar-refractivity contribution in [3.05, 3.63) is 59.5 Å². The average Bonchev–Trinajstić information content (AvgIpc) is 2.76. The van der Waals surface area contributed by atoms with Crippen LogP contribution in [-0.2, 0) is 14.6 Å². The third-order valence-electron chi connectivity index (χ3n) is 5.62. The van der Waals surface area contributed by atoms with Gasteiger partial charge < -0.3 is 10.2 Å². The van der Waals surface area contributed by atoms with Crippen LogP contribution in [0.25, 0.3) is 11.3 Å². The first-order valence-electron chi connectivity index (χ1n) is 10.0. The standard InChI is InChI=1S/C22H25ClN4O4S/c1-5-20(28)27-11-13(2)21(32(4,30)31)16(12-27)15-9-17(26-19(23)10-15)14-6-7-25-18(8-14)22(29)24-3/h5-10,13,16,21H,1,11-12H2,2-4H3,(H,24,29)/t13-,16+,21?/m1/s1. The van der Waals surface area contributed by atoms with Crippen molar-refractivity contribution in [1.82, 2.24) is 20.2 Å². The van der Waals surface area contributed by atoms with E-state index in [4.69, 9.17) is 11.6 Å². The molecule has 1 unspecified atom stereocenters. The van der Waals surface area contributed by atoms with Gasteiger partial charge in [-0.25, -0.2) is 13.4 Å². The first-order valence-corrected chi connectivity index (χ1v) is 12.3. The molecular formula is C22H25ClN4O4S. The lowest BCUT2D eigenvalue weighted by Crippen LogP contribution is -2.51. The van der Waals surface area contributed by atoms with Crippen LogP contribution >= 0.6 is 11.6 Å². The summed E-state index contributed by atoms with van der Waals surface area (Å²) in [7, 11) is -1.92. The van der Waals surface area contributed by atoms with E-state index in [2.05, 4.69) is 21.9 Å². The Morgan fingerprint density at radius 1 is 1.28 bits per heavy atom. The zero-order valence-corrected chi connectivity index (χ0v) is 19.7. The Bertz CT molecular complexity index is 1170. The molecule has 0 aliphatic carbocycles. The normalized spacial score (nSPS) is 21.1. The second-order valence-corrected chi connectivity index (χ2v) is 10.5. The number of piperidine rings is 1. The predicted octanol–water partition coefficient (Wildman–Crippen LogP) is 2.32. The average molecular weight is 477 g/mol. The molecule has 3 rings (SSSR count). The molecule has 1 N–H and O–H groups in total. The Labute approximate surface area is 192 Å². The Morgan fingerprint density at radius 2 is 2.00 bits per heavy atom. The molecule has 10 heteroatoms. The summed E-state index contributed by atoms with van der Waals surface area (Å²) in [4.78, 5) is 34.3. The summed E-state index contributed by atoms with van der Waals surface area (Å²) in [5, 5.41) is 2.01. The van der Waals surface area contributed by atoms with Gasteiger partial charge in [-0.2, -0.15) is 0 Å². The fourth-order valence-electron chi connectivity index (χ4n) is 4.31. The lowest BCUT2D eigenvalue weighted by molar-refractivity contribution is -0.127.